The molecule has 0 aliphatic heterocycles. The molecule has 0 fully saturated rings. The Hall–Kier alpha value is -3.56. The first-order valence-electron chi connectivity index (χ1n) is 7.68. The van der Waals surface area contributed by atoms with Gasteiger partial charge in [-0.25, -0.2) is 0 Å². The van der Waals surface area contributed by atoms with E-state index in [1.165, 1.54) is 7.11 Å². The maximum absolute atomic E-state index is 12.3. The van der Waals surface area contributed by atoms with E-state index in [2.05, 4.69) is 30.4 Å². The van der Waals surface area contributed by atoms with Gasteiger partial charge in [-0.05, 0) is 12.1 Å². The molecule has 3 aromatic heterocycles. The quantitative estimate of drug-likeness (QED) is 0.688. The van der Waals surface area contributed by atoms with Gasteiger partial charge < -0.3 is 19.5 Å². The molecule has 0 radical (unpaired) electrons. The molecular formula is C16H17N7O3. The van der Waals surface area contributed by atoms with Gasteiger partial charge in [-0.1, -0.05) is 5.16 Å². The van der Waals surface area contributed by atoms with Crippen LogP contribution in [0.15, 0.2) is 35.1 Å². The zero-order valence-electron chi connectivity index (χ0n) is 14.5. The van der Waals surface area contributed by atoms with Crippen LogP contribution in [0.2, 0.25) is 0 Å². The van der Waals surface area contributed by atoms with Crippen LogP contribution in [-0.4, -0.2) is 52.2 Å². The third-order valence-corrected chi connectivity index (χ3v) is 3.33. The Morgan fingerprint density at radius 1 is 1.31 bits per heavy atom. The van der Waals surface area contributed by atoms with Crippen LogP contribution in [0.3, 0.4) is 0 Å². The highest BCUT2D eigenvalue weighted by molar-refractivity contribution is 5.92. The van der Waals surface area contributed by atoms with Crippen molar-refractivity contribution in [3.8, 4) is 17.3 Å². The lowest BCUT2D eigenvalue weighted by molar-refractivity contribution is 0.0940. The Balaban J connectivity index is 1.70. The number of anilines is 1. The van der Waals surface area contributed by atoms with Gasteiger partial charge in [-0.15, -0.1) is 0 Å². The van der Waals surface area contributed by atoms with Crippen LogP contribution in [0.25, 0.3) is 11.3 Å². The number of nitrogens with zero attached hydrogens (tertiary/aromatic N) is 6. The van der Waals surface area contributed by atoms with Crippen LogP contribution < -0.4 is 15.0 Å². The van der Waals surface area contributed by atoms with Crippen LogP contribution in [0.1, 0.15) is 16.3 Å². The van der Waals surface area contributed by atoms with Crippen LogP contribution >= 0.6 is 0 Å². The number of aromatic nitrogens is 5. The van der Waals surface area contributed by atoms with Gasteiger partial charge in [-0.3, -0.25) is 9.78 Å². The average molecular weight is 355 g/mol. The van der Waals surface area contributed by atoms with Crippen LogP contribution in [0.5, 0.6) is 6.01 Å². The van der Waals surface area contributed by atoms with E-state index in [-0.39, 0.29) is 18.2 Å². The van der Waals surface area contributed by atoms with Gasteiger partial charge in [0.15, 0.2) is 17.3 Å². The molecule has 0 saturated carbocycles. The summed E-state index contributed by atoms with van der Waals surface area (Å²) in [5.41, 5.74) is 0.884. The first-order chi connectivity index (χ1) is 12.6. The highest BCUT2D eigenvalue weighted by Gasteiger charge is 2.15. The summed E-state index contributed by atoms with van der Waals surface area (Å²) in [6.45, 7) is 0.0909. The Morgan fingerprint density at radius 3 is 2.85 bits per heavy atom. The van der Waals surface area contributed by atoms with E-state index in [4.69, 9.17) is 9.26 Å². The van der Waals surface area contributed by atoms with E-state index >= 15 is 0 Å². The lowest BCUT2D eigenvalue weighted by Gasteiger charge is -2.12. The molecule has 10 nitrogen and oxygen atoms in total. The normalized spacial score (nSPS) is 10.4. The van der Waals surface area contributed by atoms with Crippen molar-refractivity contribution in [1.82, 2.24) is 30.4 Å². The topological polar surface area (TPSA) is 119 Å². The van der Waals surface area contributed by atoms with Gasteiger partial charge in [0.2, 0.25) is 5.95 Å². The first-order valence-corrected chi connectivity index (χ1v) is 7.68. The maximum atomic E-state index is 12.3. The van der Waals surface area contributed by atoms with Crippen molar-refractivity contribution < 1.29 is 14.1 Å². The Kier molecular flexibility index (Phi) is 5.02. The van der Waals surface area contributed by atoms with Gasteiger partial charge in [-0.2, -0.15) is 15.0 Å². The van der Waals surface area contributed by atoms with Gasteiger partial charge in [0, 0.05) is 38.1 Å². The minimum absolute atomic E-state index is 0.0909. The summed E-state index contributed by atoms with van der Waals surface area (Å²) in [6, 6.07) is 5.31. The highest BCUT2D eigenvalue weighted by atomic mass is 16.5. The fraction of sp³-hybridized carbons (Fsp3) is 0.250. The van der Waals surface area contributed by atoms with Crippen molar-refractivity contribution in [1.29, 1.82) is 0 Å². The predicted molar refractivity (Wildman–Crippen MR) is 91.6 cm³/mol. The number of rotatable bonds is 6. The molecule has 10 heteroatoms. The third-order valence-electron chi connectivity index (χ3n) is 3.33. The molecule has 0 aromatic carbocycles. The fourth-order valence-electron chi connectivity index (χ4n) is 2.03. The van der Waals surface area contributed by atoms with Crippen molar-refractivity contribution in [3.63, 3.8) is 0 Å². The summed E-state index contributed by atoms with van der Waals surface area (Å²) >= 11 is 0. The Morgan fingerprint density at radius 2 is 2.15 bits per heavy atom. The summed E-state index contributed by atoms with van der Waals surface area (Å²) in [7, 11) is 5.06. The Bertz CT molecular complexity index is 896. The van der Waals surface area contributed by atoms with Gasteiger partial charge in [0.05, 0.1) is 13.7 Å². The van der Waals surface area contributed by atoms with Crippen molar-refractivity contribution in [2.75, 3.05) is 26.1 Å². The lowest BCUT2D eigenvalue weighted by Crippen LogP contribution is -2.25. The monoisotopic (exact) mass is 355 g/mol. The number of nitrogens with one attached hydrogen (secondary N) is 1. The SMILES string of the molecule is COc1nc(CNC(=O)c2cc(-c3cccnc3)on2)nc(N(C)C)n1. The molecule has 3 rings (SSSR count). The molecule has 0 aliphatic carbocycles. The number of hydrogen-bond acceptors (Lipinski definition) is 9. The van der Waals surface area contributed by atoms with Crippen molar-refractivity contribution in [3.05, 3.63) is 42.1 Å². The second-order valence-corrected chi connectivity index (χ2v) is 5.43. The summed E-state index contributed by atoms with van der Waals surface area (Å²) in [6.07, 6.45) is 3.28. The zero-order valence-corrected chi connectivity index (χ0v) is 14.5. The molecule has 1 amide bonds. The molecule has 1 N–H and O–H groups in total. The molecule has 0 saturated heterocycles. The summed E-state index contributed by atoms with van der Waals surface area (Å²) in [5, 5.41) is 6.48. The van der Waals surface area contributed by atoms with Crippen LogP contribution in [0, 0.1) is 0 Å². The van der Waals surface area contributed by atoms with Gasteiger partial charge in [0.1, 0.15) is 0 Å². The van der Waals surface area contributed by atoms with Crippen LogP contribution in [0.4, 0.5) is 5.95 Å². The Labute approximate surface area is 149 Å². The molecule has 0 spiro atoms. The number of hydrogen-bond donors (Lipinski definition) is 1. The fourth-order valence-corrected chi connectivity index (χ4v) is 2.03. The second kappa shape index (κ2) is 7.55. The number of amides is 1. The van der Waals surface area contributed by atoms with E-state index in [1.54, 1.807) is 43.5 Å². The molecule has 3 aromatic rings. The number of carbonyl (C=O) groups is 1. The van der Waals surface area contributed by atoms with Crippen molar-refractivity contribution >= 4 is 11.9 Å². The van der Waals surface area contributed by atoms with E-state index in [1.807, 2.05) is 6.07 Å². The summed E-state index contributed by atoms with van der Waals surface area (Å²) < 4.78 is 10.2. The molecule has 0 bridgehead atoms. The average Bonchev–Trinajstić information content (AvgIpc) is 3.16. The molecule has 3 heterocycles. The lowest BCUT2D eigenvalue weighted by atomic mass is 10.2. The summed E-state index contributed by atoms with van der Waals surface area (Å²) in [4.78, 5) is 30.5. The van der Waals surface area contributed by atoms with E-state index < -0.39 is 5.91 Å². The number of methoxy groups -OCH3 is 1. The number of pyridine rings is 1. The molecule has 134 valence electrons. The van der Waals surface area contributed by atoms with Gasteiger partial charge in [0.25, 0.3) is 5.91 Å². The van der Waals surface area contributed by atoms with Crippen LogP contribution in [-0.2, 0) is 6.54 Å². The minimum atomic E-state index is -0.408. The number of ether oxygens (including phenoxy) is 1. The molecule has 0 atom stereocenters. The number of carbonyl (C=O) groups excluding carboxylic acids is 1. The molecule has 0 aliphatic rings. The van der Waals surface area contributed by atoms with E-state index in [9.17, 15) is 4.79 Å². The predicted octanol–water partition coefficient (Wildman–Crippen LogP) is 0.926. The first kappa shape index (κ1) is 17.3. The zero-order chi connectivity index (χ0) is 18.5. The molecular weight excluding hydrogens is 338 g/mol. The molecule has 0 unspecified atom stereocenters. The second-order valence-electron chi connectivity index (χ2n) is 5.43. The molecule has 26 heavy (non-hydrogen) atoms. The van der Waals surface area contributed by atoms with E-state index in [0.29, 0.717) is 17.5 Å². The minimum Gasteiger partial charge on any atom is -0.467 e. The van der Waals surface area contributed by atoms with Crippen molar-refractivity contribution in [2.24, 2.45) is 0 Å². The standard InChI is InChI=1S/C16H17N7O3/c1-23(2)15-19-13(20-16(21-15)25-3)9-18-14(24)11-7-12(26-22-11)10-5-4-6-17-8-10/h4-8H,9H2,1-3H3,(H,18,24). The van der Waals surface area contributed by atoms with E-state index in [0.717, 1.165) is 5.56 Å². The third kappa shape index (κ3) is 3.91. The smallest absolute Gasteiger partial charge is 0.321 e. The van der Waals surface area contributed by atoms with Gasteiger partial charge >= 0.3 is 6.01 Å². The van der Waals surface area contributed by atoms with Crippen molar-refractivity contribution in [2.45, 2.75) is 6.54 Å². The highest BCUT2D eigenvalue weighted by Crippen LogP contribution is 2.18. The largest absolute Gasteiger partial charge is 0.467 e. The maximum Gasteiger partial charge on any atom is 0.321 e. The summed E-state index contributed by atoms with van der Waals surface area (Å²) in [5.74, 6) is 0.848.